The number of rotatable bonds is 7. The van der Waals surface area contributed by atoms with Gasteiger partial charge in [0.05, 0.1) is 19.3 Å². The summed E-state index contributed by atoms with van der Waals surface area (Å²) in [6, 6.07) is 7.37. The minimum absolute atomic E-state index is 0.239. The largest absolute Gasteiger partial charge is 0.490 e. The molecule has 1 amide bonds. The first-order valence-corrected chi connectivity index (χ1v) is 8.89. The van der Waals surface area contributed by atoms with Gasteiger partial charge in [0.15, 0.2) is 11.3 Å². The Morgan fingerprint density at radius 1 is 1.44 bits per heavy atom. The van der Waals surface area contributed by atoms with Crippen LogP contribution in [0, 0.1) is 0 Å². The summed E-state index contributed by atoms with van der Waals surface area (Å²) in [7, 11) is 1.60. The number of methoxy groups -OCH3 is 1. The predicted octanol–water partition coefficient (Wildman–Crippen LogP) is 3.93. The number of fused-ring (bicyclic) bond motifs is 1. The maximum Gasteiger partial charge on any atom is 0.271 e. The number of ether oxygens (including phenoxy) is 2. The van der Waals surface area contributed by atoms with E-state index in [0.717, 1.165) is 10.4 Å². The molecule has 2 aromatic heterocycles. The smallest absolute Gasteiger partial charge is 0.271 e. The van der Waals surface area contributed by atoms with E-state index in [1.165, 1.54) is 11.3 Å². The van der Waals surface area contributed by atoms with Crippen LogP contribution in [-0.2, 0) is 11.3 Å². The molecule has 0 aliphatic rings. The molecule has 1 atom stereocenters. The summed E-state index contributed by atoms with van der Waals surface area (Å²) in [5, 5.41) is 6.35. The van der Waals surface area contributed by atoms with Crippen molar-refractivity contribution in [2.75, 3.05) is 13.7 Å². The van der Waals surface area contributed by atoms with Crippen LogP contribution in [0.5, 0.6) is 5.75 Å². The number of nitrogens with one attached hydrogen (secondary N) is 1. The van der Waals surface area contributed by atoms with Crippen LogP contribution in [0.4, 0.5) is 0 Å². The van der Waals surface area contributed by atoms with Crippen molar-refractivity contribution < 1.29 is 18.7 Å². The third-order valence-electron chi connectivity index (χ3n) is 3.65. The number of carbonyl (C=O) groups is 1. The van der Waals surface area contributed by atoms with Crippen LogP contribution in [0.2, 0.25) is 0 Å². The number of nitrogens with zero attached hydrogens (tertiary/aromatic N) is 1. The molecule has 1 aromatic carbocycles. The first-order valence-electron chi connectivity index (χ1n) is 8.01. The van der Waals surface area contributed by atoms with Crippen molar-refractivity contribution in [2.45, 2.75) is 26.5 Å². The van der Waals surface area contributed by atoms with Gasteiger partial charge in [-0.3, -0.25) is 4.79 Å². The number of aromatic nitrogens is 1. The molecule has 2 heterocycles. The molecule has 3 aromatic rings. The Kier molecular flexibility index (Phi) is 5.35. The molecule has 0 aliphatic carbocycles. The molecule has 0 aliphatic heterocycles. The highest BCUT2D eigenvalue weighted by Crippen LogP contribution is 2.31. The zero-order valence-electron chi connectivity index (χ0n) is 14.4. The Morgan fingerprint density at radius 3 is 3.04 bits per heavy atom. The lowest BCUT2D eigenvalue weighted by atomic mass is 10.2. The van der Waals surface area contributed by atoms with Crippen molar-refractivity contribution in [1.29, 1.82) is 0 Å². The minimum atomic E-state index is -0.290. The van der Waals surface area contributed by atoms with Crippen molar-refractivity contribution >= 4 is 28.2 Å². The van der Waals surface area contributed by atoms with Gasteiger partial charge in [-0.1, -0.05) is 12.1 Å². The molecule has 0 spiro atoms. The molecule has 3 rings (SSSR count). The zero-order chi connectivity index (χ0) is 17.8. The number of carbonyl (C=O) groups excluding carboxylic acids is 1. The fraction of sp³-hybridized carbons (Fsp3) is 0.333. The molecule has 6 nitrogen and oxygen atoms in total. The number of furan rings is 1. The Bertz CT molecular complexity index is 871. The topological polar surface area (TPSA) is 73.6 Å². The van der Waals surface area contributed by atoms with E-state index in [-0.39, 0.29) is 11.9 Å². The summed E-state index contributed by atoms with van der Waals surface area (Å²) in [6.45, 7) is 4.77. The number of thiazole rings is 1. The fourth-order valence-corrected chi connectivity index (χ4v) is 3.23. The molecule has 25 heavy (non-hydrogen) atoms. The Hall–Kier alpha value is -2.38. The van der Waals surface area contributed by atoms with Gasteiger partial charge in [-0.05, 0) is 26.0 Å². The van der Waals surface area contributed by atoms with E-state index < -0.39 is 0 Å². The van der Waals surface area contributed by atoms with Gasteiger partial charge in [0.25, 0.3) is 5.91 Å². The quantitative estimate of drug-likeness (QED) is 0.691. The van der Waals surface area contributed by atoms with E-state index in [9.17, 15) is 4.79 Å². The van der Waals surface area contributed by atoms with Crippen LogP contribution >= 0.6 is 11.3 Å². The van der Waals surface area contributed by atoms with Crippen molar-refractivity contribution in [2.24, 2.45) is 0 Å². The highest BCUT2D eigenvalue weighted by molar-refractivity contribution is 7.09. The maximum absolute atomic E-state index is 12.4. The fourth-order valence-electron chi connectivity index (χ4n) is 2.49. The van der Waals surface area contributed by atoms with Gasteiger partial charge in [0.2, 0.25) is 0 Å². The lowest BCUT2D eigenvalue weighted by molar-refractivity contribution is 0.0930. The molecule has 132 valence electrons. The van der Waals surface area contributed by atoms with Gasteiger partial charge in [-0.25, -0.2) is 4.98 Å². The second-order valence-corrected chi connectivity index (χ2v) is 6.45. The highest BCUT2D eigenvalue weighted by atomic mass is 32.1. The second-order valence-electron chi connectivity index (χ2n) is 5.51. The molecule has 0 bridgehead atoms. The van der Waals surface area contributed by atoms with Crippen molar-refractivity contribution in [3.8, 4) is 5.75 Å². The Morgan fingerprint density at radius 2 is 2.28 bits per heavy atom. The van der Waals surface area contributed by atoms with E-state index in [1.54, 1.807) is 12.5 Å². The lowest BCUT2D eigenvalue weighted by Gasteiger charge is -2.10. The SMILES string of the molecule is CCOc1cccc2cc(C(C)NC(=O)c3csc(COC)n3)oc12. The van der Waals surface area contributed by atoms with Crippen molar-refractivity contribution in [1.82, 2.24) is 10.3 Å². The molecular weight excluding hydrogens is 340 g/mol. The van der Waals surface area contributed by atoms with Crippen LogP contribution in [0.25, 0.3) is 11.0 Å². The maximum atomic E-state index is 12.4. The molecule has 0 radical (unpaired) electrons. The summed E-state index contributed by atoms with van der Waals surface area (Å²) in [5.41, 5.74) is 1.08. The third kappa shape index (κ3) is 3.83. The molecule has 0 saturated carbocycles. The number of hydrogen-bond donors (Lipinski definition) is 1. The van der Waals surface area contributed by atoms with Crippen molar-refractivity contribution in [3.63, 3.8) is 0 Å². The van der Waals surface area contributed by atoms with Crippen molar-refractivity contribution in [3.05, 3.63) is 46.1 Å². The first-order chi connectivity index (χ1) is 12.1. The lowest BCUT2D eigenvalue weighted by Crippen LogP contribution is -2.26. The molecule has 7 heteroatoms. The van der Waals surface area contributed by atoms with Crippen LogP contribution in [0.3, 0.4) is 0 Å². The predicted molar refractivity (Wildman–Crippen MR) is 96.1 cm³/mol. The highest BCUT2D eigenvalue weighted by Gasteiger charge is 2.18. The standard InChI is InChI=1S/C18H20N2O4S/c1-4-23-14-7-5-6-12-8-15(24-17(12)14)11(2)19-18(21)13-10-25-16(20-13)9-22-3/h5-8,10-11H,4,9H2,1-3H3,(H,19,21). The first kappa shape index (κ1) is 17.4. The average molecular weight is 360 g/mol. The van der Waals surface area contributed by atoms with Crippen LogP contribution in [-0.4, -0.2) is 24.6 Å². The Balaban J connectivity index is 1.76. The molecule has 1 N–H and O–H groups in total. The van der Waals surface area contributed by atoms with Crippen LogP contribution in [0.15, 0.2) is 34.1 Å². The summed E-state index contributed by atoms with van der Waals surface area (Å²) in [4.78, 5) is 16.6. The average Bonchev–Trinajstić information content (AvgIpc) is 3.23. The normalized spacial score (nSPS) is 12.3. The summed E-state index contributed by atoms with van der Waals surface area (Å²) < 4.78 is 16.5. The molecule has 0 fully saturated rings. The number of hydrogen-bond acceptors (Lipinski definition) is 6. The van der Waals surface area contributed by atoms with Gasteiger partial charge in [-0.15, -0.1) is 11.3 Å². The van der Waals surface area contributed by atoms with E-state index in [0.29, 0.717) is 36.0 Å². The number of benzene rings is 1. The minimum Gasteiger partial charge on any atom is -0.490 e. The summed E-state index contributed by atoms with van der Waals surface area (Å²) in [6.07, 6.45) is 0. The van der Waals surface area contributed by atoms with Gasteiger partial charge < -0.3 is 19.2 Å². The molecule has 1 unspecified atom stereocenters. The van der Waals surface area contributed by atoms with E-state index in [2.05, 4.69) is 10.3 Å². The summed E-state index contributed by atoms with van der Waals surface area (Å²) >= 11 is 1.40. The summed E-state index contributed by atoms with van der Waals surface area (Å²) in [5.74, 6) is 1.13. The van der Waals surface area contributed by atoms with Gasteiger partial charge >= 0.3 is 0 Å². The monoisotopic (exact) mass is 360 g/mol. The molecule has 0 saturated heterocycles. The number of amides is 1. The number of para-hydroxylation sites is 1. The van der Waals surface area contributed by atoms with E-state index in [1.807, 2.05) is 38.1 Å². The van der Waals surface area contributed by atoms with Gasteiger partial charge in [-0.2, -0.15) is 0 Å². The van der Waals surface area contributed by atoms with Gasteiger partial charge in [0, 0.05) is 17.9 Å². The van der Waals surface area contributed by atoms with Crippen LogP contribution < -0.4 is 10.1 Å². The zero-order valence-corrected chi connectivity index (χ0v) is 15.2. The second kappa shape index (κ2) is 7.67. The Labute approximate surface area is 149 Å². The molecular formula is C18H20N2O4S. The van der Waals surface area contributed by atoms with E-state index in [4.69, 9.17) is 13.9 Å². The van der Waals surface area contributed by atoms with Crippen LogP contribution in [0.1, 0.15) is 41.1 Å². The van der Waals surface area contributed by atoms with E-state index >= 15 is 0 Å². The van der Waals surface area contributed by atoms with Gasteiger partial charge in [0.1, 0.15) is 16.5 Å². The third-order valence-corrected chi connectivity index (χ3v) is 4.48.